The molecular weight excluding hydrogens is 266 g/mol. The molecule has 21 heavy (non-hydrogen) atoms. The van der Waals surface area contributed by atoms with E-state index < -0.39 is 0 Å². The maximum Gasteiger partial charge on any atom is 0.269 e. The van der Waals surface area contributed by atoms with E-state index in [1.165, 1.54) is 6.08 Å². The van der Waals surface area contributed by atoms with Gasteiger partial charge in [-0.3, -0.25) is 15.0 Å². The maximum atomic E-state index is 12.0. The zero-order valence-corrected chi connectivity index (χ0v) is 13.0. The normalized spacial score (nSPS) is 12.5. The number of amides is 2. The number of hydrogen-bond acceptors (Lipinski definition) is 3. The van der Waals surface area contributed by atoms with Crippen molar-refractivity contribution in [2.75, 3.05) is 0 Å². The Bertz CT molecular complexity index is 538. The van der Waals surface area contributed by atoms with Crippen LogP contribution in [-0.2, 0) is 4.79 Å². The number of carbonyl (C=O) groups is 2. The first-order valence-corrected chi connectivity index (χ1v) is 7.04. The topological polar surface area (TPSA) is 70.2 Å². The molecule has 0 saturated heterocycles. The molecule has 0 aliphatic carbocycles. The van der Waals surface area contributed by atoms with Crippen LogP contribution in [0.25, 0.3) is 0 Å². The molecule has 1 atom stereocenters. The first kappa shape index (κ1) is 16.8. The monoisotopic (exact) mass is 289 g/mol. The SMILES string of the molecule is CCC(C)NC(=O)C=C(C)NNC(=O)c1ccccc1C. The summed E-state index contributed by atoms with van der Waals surface area (Å²) in [4.78, 5) is 23.6. The fourth-order valence-corrected chi connectivity index (χ4v) is 1.67. The van der Waals surface area contributed by atoms with Gasteiger partial charge in [0, 0.05) is 23.4 Å². The number of allylic oxidation sites excluding steroid dienone is 1. The van der Waals surface area contributed by atoms with Gasteiger partial charge in [0.1, 0.15) is 0 Å². The Kier molecular flexibility index (Phi) is 6.46. The number of rotatable bonds is 6. The zero-order valence-electron chi connectivity index (χ0n) is 13.0. The number of aryl methyl sites for hydroxylation is 1. The Balaban J connectivity index is 2.53. The Morgan fingerprint density at radius 1 is 1.24 bits per heavy atom. The third-order valence-electron chi connectivity index (χ3n) is 3.11. The molecule has 2 amide bonds. The molecular formula is C16H23N3O2. The number of nitrogens with one attached hydrogen (secondary N) is 3. The van der Waals surface area contributed by atoms with Gasteiger partial charge in [0.15, 0.2) is 0 Å². The lowest BCUT2D eigenvalue weighted by Gasteiger charge is -2.12. The molecule has 1 aromatic rings. The molecule has 0 spiro atoms. The molecule has 1 aromatic carbocycles. The van der Waals surface area contributed by atoms with Crippen LogP contribution in [0.2, 0.25) is 0 Å². The molecule has 0 aliphatic heterocycles. The quantitative estimate of drug-likeness (QED) is 0.554. The highest BCUT2D eigenvalue weighted by molar-refractivity contribution is 5.95. The third kappa shape index (κ3) is 5.69. The summed E-state index contributed by atoms with van der Waals surface area (Å²) in [6.07, 6.45) is 2.29. The highest BCUT2D eigenvalue weighted by atomic mass is 16.2. The third-order valence-corrected chi connectivity index (χ3v) is 3.11. The van der Waals surface area contributed by atoms with Crippen molar-refractivity contribution in [2.45, 2.75) is 40.2 Å². The summed E-state index contributed by atoms with van der Waals surface area (Å²) in [5, 5.41) is 2.82. The van der Waals surface area contributed by atoms with E-state index in [-0.39, 0.29) is 17.9 Å². The van der Waals surface area contributed by atoms with Crippen LogP contribution in [0.5, 0.6) is 0 Å². The summed E-state index contributed by atoms with van der Waals surface area (Å²) in [6.45, 7) is 7.53. The summed E-state index contributed by atoms with van der Waals surface area (Å²) in [7, 11) is 0. The highest BCUT2D eigenvalue weighted by Gasteiger charge is 2.08. The molecule has 114 valence electrons. The molecule has 0 aromatic heterocycles. The minimum Gasteiger partial charge on any atom is -0.350 e. The van der Waals surface area contributed by atoms with Crippen LogP contribution in [0.15, 0.2) is 36.0 Å². The Labute approximate surface area is 125 Å². The lowest BCUT2D eigenvalue weighted by Crippen LogP contribution is -2.37. The van der Waals surface area contributed by atoms with Crippen LogP contribution in [0.1, 0.15) is 43.1 Å². The lowest BCUT2D eigenvalue weighted by molar-refractivity contribution is -0.117. The molecule has 0 radical (unpaired) electrons. The Hall–Kier alpha value is -2.30. The minimum atomic E-state index is -0.233. The first-order valence-electron chi connectivity index (χ1n) is 7.04. The summed E-state index contributed by atoms with van der Waals surface area (Å²) >= 11 is 0. The van der Waals surface area contributed by atoms with Gasteiger partial charge in [0.25, 0.3) is 5.91 Å². The second kappa shape index (κ2) is 8.09. The molecule has 0 fully saturated rings. The fourth-order valence-electron chi connectivity index (χ4n) is 1.67. The molecule has 3 N–H and O–H groups in total. The molecule has 1 unspecified atom stereocenters. The molecule has 0 aliphatic rings. The van der Waals surface area contributed by atoms with E-state index in [4.69, 9.17) is 0 Å². The fraction of sp³-hybridized carbons (Fsp3) is 0.375. The molecule has 5 nitrogen and oxygen atoms in total. The molecule has 0 bridgehead atoms. The standard InChI is InChI=1S/C16H23N3O2/c1-5-12(3)17-15(20)10-13(4)18-19-16(21)14-9-7-6-8-11(14)2/h6-10,12,18H,5H2,1-4H3,(H,17,20)(H,19,21). The van der Waals surface area contributed by atoms with Crippen molar-refractivity contribution < 1.29 is 9.59 Å². The first-order chi connectivity index (χ1) is 9.93. The Morgan fingerprint density at radius 3 is 2.52 bits per heavy atom. The van der Waals surface area contributed by atoms with Gasteiger partial charge in [-0.2, -0.15) is 0 Å². The van der Waals surface area contributed by atoms with Gasteiger partial charge in [-0.25, -0.2) is 0 Å². The molecule has 0 saturated carbocycles. The van der Waals surface area contributed by atoms with Crippen molar-refractivity contribution in [2.24, 2.45) is 0 Å². The van der Waals surface area contributed by atoms with E-state index in [9.17, 15) is 9.59 Å². The van der Waals surface area contributed by atoms with Crippen molar-refractivity contribution in [1.82, 2.24) is 16.2 Å². The van der Waals surface area contributed by atoms with E-state index in [1.807, 2.05) is 39.0 Å². The van der Waals surface area contributed by atoms with Crippen LogP contribution in [0, 0.1) is 6.92 Å². The van der Waals surface area contributed by atoms with E-state index in [1.54, 1.807) is 13.0 Å². The summed E-state index contributed by atoms with van der Waals surface area (Å²) < 4.78 is 0. The molecule has 1 rings (SSSR count). The van der Waals surface area contributed by atoms with E-state index in [0.717, 1.165) is 12.0 Å². The van der Waals surface area contributed by atoms with Crippen LogP contribution in [0.4, 0.5) is 0 Å². The van der Waals surface area contributed by atoms with Crippen molar-refractivity contribution in [1.29, 1.82) is 0 Å². The van der Waals surface area contributed by atoms with Gasteiger partial charge in [-0.15, -0.1) is 0 Å². The van der Waals surface area contributed by atoms with Crippen molar-refractivity contribution >= 4 is 11.8 Å². The average Bonchev–Trinajstić information content (AvgIpc) is 2.44. The Morgan fingerprint density at radius 2 is 1.90 bits per heavy atom. The van der Waals surface area contributed by atoms with Crippen molar-refractivity contribution in [3.8, 4) is 0 Å². The number of carbonyl (C=O) groups excluding carboxylic acids is 2. The second-order valence-corrected chi connectivity index (χ2v) is 5.04. The lowest BCUT2D eigenvalue weighted by atomic mass is 10.1. The van der Waals surface area contributed by atoms with Gasteiger partial charge in [-0.05, 0) is 38.8 Å². The maximum absolute atomic E-state index is 12.0. The number of hydrogen-bond donors (Lipinski definition) is 3. The van der Waals surface area contributed by atoms with Gasteiger partial charge in [0.2, 0.25) is 5.91 Å². The summed E-state index contributed by atoms with van der Waals surface area (Å²) in [5.41, 5.74) is 7.37. The number of hydrazine groups is 1. The van der Waals surface area contributed by atoms with Gasteiger partial charge in [0.05, 0.1) is 0 Å². The number of benzene rings is 1. The van der Waals surface area contributed by atoms with E-state index in [0.29, 0.717) is 11.3 Å². The molecule has 0 heterocycles. The van der Waals surface area contributed by atoms with Crippen LogP contribution in [0.3, 0.4) is 0 Å². The van der Waals surface area contributed by atoms with Crippen LogP contribution >= 0.6 is 0 Å². The van der Waals surface area contributed by atoms with Crippen molar-refractivity contribution in [3.05, 3.63) is 47.2 Å². The smallest absolute Gasteiger partial charge is 0.269 e. The van der Waals surface area contributed by atoms with Crippen LogP contribution < -0.4 is 16.2 Å². The van der Waals surface area contributed by atoms with E-state index in [2.05, 4.69) is 16.2 Å². The van der Waals surface area contributed by atoms with Gasteiger partial charge in [-0.1, -0.05) is 25.1 Å². The predicted octanol–water partition coefficient (Wildman–Crippen LogP) is 2.05. The highest BCUT2D eigenvalue weighted by Crippen LogP contribution is 2.05. The van der Waals surface area contributed by atoms with Gasteiger partial charge >= 0.3 is 0 Å². The molecule has 5 heteroatoms. The average molecular weight is 289 g/mol. The van der Waals surface area contributed by atoms with Crippen LogP contribution in [-0.4, -0.2) is 17.9 Å². The zero-order chi connectivity index (χ0) is 15.8. The van der Waals surface area contributed by atoms with Crippen molar-refractivity contribution in [3.63, 3.8) is 0 Å². The largest absolute Gasteiger partial charge is 0.350 e. The minimum absolute atomic E-state index is 0.128. The second-order valence-electron chi connectivity index (χ2n) is 5.04. The summed E-state index contributed by atoms with van der Waals surface area (Å²) in [5.74, 6) is -0.414. The summed E-state index contributed by atoms with van der Waals surface area (Å²) in [6, 6.07) is 7.44. The van der Waals surface area contributed by atoms with E-state index >= 15 is 0 Å². The predicted molar refractivity (Wildman–Crippen MR) is 83.4 cm³/mol. The van der Waals surface area contributed by atoms with Gasteiger partial charge < -0.3 is 10.7 Å².